The molecule has 0 aromatic rings. The van der Waals surface area contributed by atoms with Crippen LogP contribution in [0.1, 0.15) is 12.8 Å². The van der Waals surface area contributed by atoms with Crippen LogP contribution in [0.4, 0.5) is 0 Å². The van der Waals surface area contributed by atoms with Crippen LogP contribution in [0.3, 0.4) is 0 Å². The number of hydrogen-bond acceptors (Lipinski definition) is 4. The SMILES string of the molecule is COC1=CC(=O)CC(OC=O)C1. The van der Waals surface area contributed by atoms with E-state index < -0.39 is 0 Å². The molecule has 1 unspecified atom stereocenters. The van der Waals surface area contributed by atoms with Gasteiger partial charge in [0.1, 0.15) is 11.9 Å². The van der Waals surface area contributed by atoms with Crippen LogP contribution in [0.2, 0.25) is 0 Å². The van der Waals surface area contributed by atoms with Crippen molar-refractivity contribution in [3.63, 3.8) is 0 Å². The average Bonchev–Trinajstić information content (AvgIpc) is 2.04. The largest absolute Gasteiger partial charge is 0.501 e. The predicted molar refractivity (Wildman–Crippen MR) is 40.3 cm³/mol. The van der Waals surface area contributed by atoms with Crippen molar-refractivity contribution in [3.05, 3.63) is 11.8 Å². The number of carbonyl (C=O) groups is 2. The topological polar surface area (TPSA) is 52.6 Å². The summed E-state index contributed by atoms with van der Waals surface area (Å²) >= 11 is 0. The fourth-order valence-electron chi connectivity index (χ4n) is 1.14. The van der Waals surface area contributed by atoms with Crippen molar-refractivity contribution in [2.75, 3.05) is 7.11 Å². The van der Waals surface area contributed by atoms with E-state index in [9.17, 15) is 9.59 Å². The molecule has 1 rings (SSSR count). The Balaban J connectivity index is 2.59. The van der Waals surface area contributed by atoms with Gasteiger partial charge in [0.2, 0.25) is 0 Å². The second-order valence-electron chi connectivity index (χ2n) is 2.54. The summed E-state index contributed by atoms with van der Waals surface area (Å²) in [4.78, 5) is 20.9. The Morgan fingerprint density at radius 3 is 2.92 bits per heavy atom. The van der Waals surface area contributed by atoms with Crippen LogP contribution in [-0.4, -0.2) is 25.5 Å². The summed E-state index contributed by atoms with van der Waals surface area (Å²) in [5.41, 5.74) is 0. The van der Waals surface area contributed by atoms with Gasteiger partial charge in [-0.1, -0.05) is 0 Å². The Morgan fingerprint density at radius 1 is 1.58 bits per heavy atom. The van der Waals surface area contributed by atoms with Crippen molar-refractivity contribution in [3.8, 4) is 0 Å². The summed E-state index contributed by atoms with van der Waals surface area (Å²) in [6.07, 6.45) is 1.83. The van der Waals surface area contributed by atoms with Crippen molar-refractivity contribution in [1.29, 1.82) is 0 Å². The zero-order valence-corrected chi connectivity index (χ0v) is 6.78. The van der Waals surface area contributed by atoms with Crippen molar-refractivity contribution < 1.29 is 19.1 Å². The minimum atomic E-state index is -0.352. The number of hydrogen-bond donors (Lipinski definition) is 0. The second-order valence-corrected chi connectivity index (χ2v) is 2.54. The van der Waals surface area contributed by atoms with Crippen LogP contribution in [0.5, 0.6) is 0 Å². The highest BCUT2D eigenvalue weighted by molar-refractivity contribution is 5.91. The van der Waals surface area contributed by atoms with E-state index in [-0.39, 0.29) is 18.3 Å². The molecule has 0 saturated heterocycles. The third-order valence-corrected chi connectivity index (χ3v) is 1.69. The van der Waals surface area contributed by atoms with E-state index in [1.165, 1.54) is 13.2 Å². The molecular formula is C8H10O4. The Labute approximate surface area is 70.1 Å². The molecule has 0 aromatic carbocycles. The fourth-order valence-corrected chi connectivity index (χ4v) is 1.14. The van der Waals surface area contributed by atoms with Gasteiger partial charge >= 0.3 is 0 Å². The molecule has 0 aliphatic heterocycles. The van der Waals surface area contributed by atoms with Gasteiger partial charge in [0, 0.05) is 18.9 Å². The van der Waals surface area contributed by atoms with E-state index in [1.807, 2.05) is 0 Å². The highest BCUT2D eigenvalue weighted by atomic mass is 16.5. The minimum Gasteiger partial charge on any atom is -0.501 e. The Kier molecular flexibility index (Phi) is 2.85. The Morgan fingerprint density at radius 2 is 2.33 bits per heavy atom. The predicted octanol–water partition coefficient (Wildman–Crippen LogP) is 0.421. The van der Waals surface area contributed by atoms with Gasteiger partial charge < -0.3 is 9.47 Å². The first-order valence-corrected chi connectivity index (χ1v) is 3.62. The quantitative estimate of drug-likeness (QED) is 0.576. The lowest BCUT2D eigenvalue weighted by molar-refractivity contribution is -0.136. The normalized spacial score (nSPS) is 22.9. The summed E-state index contributed by atoms with van der Waals surface area (Å²) in [6, 6.07) is 0. The first-order chi connectivity index (χ1) is 5.76. The molecule has 0 aromatic heterocycles. The molecular weight excluding hydrogens is 160 g/mol. The van der Waals surface area contributed by atoms with Crippen LogP contribution < -0.4 is 0 Å². The van der Waals surface area contributed by atoms with Crippen molar-refractivity contribution >= 4 is 12.3 Å². The molecule has 1 atom stereocenters. The molecule has 66 valence electrons. The van der Waals surface area contributed by atoms with Crippen LogP contribution in [0.25, 0.3) is 0 Å². The summed E-state index contributed by atoms with van der Waals surface area (Å²) in [5.74, 6) is 0.503. The molecule has 0 spiro atoms. The molecule has 0 bridgehead atoms. The van der Waals surface area contributed by atoms with E-state index in [0.29, 0.717) is 18.7 Å². The monoisotopic (exact) mass is 170 g/mol. The van der Waals surface area contributed by atoms with E-state index in [0.717, 1.165) is 0 Å². The first kappa shape index (κ1) is 8.77. The molecule has 4 heteroatoms. The van der Waals surface area contributed by atoms with Gasteiger partial charge in [-0.05, 0) is 0 Å². The van der Waals surface area contributed by atoms with Gasteiger partial charge in [-0.15, -0.1) is 0 Å². The van der Waals surface area contributed by atoms with E-state index in [2.05, 4.69) is 4.74 Å². The zero-order chi connectivity index (χ0) is 8.97. The van der Waals surface area contributed by atoms with Crippen molar-refractivity contribution in [1.82, 2.24) is 0 Å². The summed E-state index contributed by atoms with van der Waals surface area (Å²) in [5, 5.41) is 0. The van der Waals surface area contributed by atoms with Gasteiger partial charge in [0.05, 0.1) is 7.11 Å². The summed E-state index contributed by atoms with van der Waals surface area (Å²) in [7, 11) is 1.49. The maximum atomic E-state index is 11.0. The van der Waals surface area contributed by atoms with E-state index >= 15 is 0 Å². The zero-order valence-electron chi connectivity index (χ0n) is 6.78. The van der Waals surface area contributed by atoms with Crippen LogP contribution in [-0.2, 0) is 19.1 Å². The standard InChI is InChI=1S/C8H10O4/c1-11-7-2-6(10)3-8(4-7)12-5-9/h2,5,8H,3-4H2,1H3. The van der Waals surface area contributed by atoms with E-state index in [4.69, 9.17) is 4.74 Å². The number of carbonyl (C=O) groups excluding carboxylic acids is 2. The lowest BCUT2D eigenvalue weighted by atomic mass is 10.0. The third-order valence-electron chi connectivity index (χ3n) is 1.69. The number of ketones is 1. The number of rotatable bonds is 3. The smallest absolute Gasteiger partial charge is 0.293 e. The maximum absolute atomic E-state index is 11.0. The number of ether oxygens (including phenoxy) is 2. The number of allylic oxidation sites excluding steroid dienone is 1. The first-order valence-electron chi connectivity index (χ1n) is 3.62. The second kappa shape index (κ2) is 3.90. The Bertz CT molecular complexity index is 219. The van der Waals surface area contributed by atoms with Crippen LogP contribution >= 0.6 is 0 Å². The minimum absolute atomic E-state index is 0.0649. The third kappa shape index (κ3) is 2.08. The fraction of sp³-hybridized carbons (Fsp3) is 0.500. The van der Waals surface area contributed by atoms with Crippen molar-refractivity contribution in [2.24, 2.45) is 0 Å². The Hall–Kier alpha value is -1.32. The van der Waals surface area contributed by atoms with Gasteiger partial charge in [0.25, 0.3) is 6.47 Å². The summed E-state index contributed by atoms with van der Waals surface area (Å²) < 4.78 is 9.55. The molecule has 1 aliphatic rings. The molecule has 0 amide bonds. The molecule has 1 aliphatic carbocycles. The highest BCUT2D eigenvalue weighted by Gasteiger charge is 2.21. The van der Waals surface area contributed by atoms with Gasteiger partial charge in [-0.3, -0.25) is 9.59 Å². The average molecular weight is 170 g/mol. The lowest BCUT2D eigenvalue weighted by Crippen LogP contribution is -2.22. The molecule has 12 heavy (non-hydrogen) atoms. The van der Waals surface area contributed by atoms with Gasteiger partial charge in [0.15, 0.2) is 5.78 Å². The van der Waals surface area contributed by atoms with Gasteiger partial charge in [-0.2, -0.15) is 0 Å². The maximum Gasteiger partial charge on any atom is 0.293 e. The van der Waals surface area contributed by atoms with Crippen molar-refractivity contribution in [2.45, 2.75) is 18.9 Å². The molecule has 0 fully saturated rings. The molecule has 0 heterocycles. The molecule has 0 saturated carbocycles. The van der Waals surface area contributed by atoms with Crippen LogP contribution in [0, 0.1) is 0 Å². The molecule has 0 radical (unpaired) electrons. The molecule has 0 N–H and O–H groups in total. The lowest BCUT2D eigenvalue weighted by Gasteiger charge is -2.18. The van der Waals surface area contributed by atoms with Gasteiger partial charge in [-0.25, -0.2) is 0 Å². The highest BCUT2D eigenvalue weighted by Crippen LogP contribution is 2.18. The van der Waals surface area contributed by atoms with Crippen LogP contribution in [0.15, 0.2) is 11.8 Å². The number of methoxy groups -OCH3 is 1. The molecule has 4 nitrogen and oxygen atoms in total. The van der Waals surface area contributed by atoms with E-state index in [1.54, 1.807) is 0 Å². The summed E-state index contributed by atoms with van der Waals surface area (Å²) in [6.45, 7) is 0.358.